The molecule has 0 aliphatic heterocycles. The van der Waals surface area contributed by atoms with Gasteiger partial charge >= 0.3 is 0 Å². The SMILES string of the molecule is c1ncc(-c2noc(-c3ccc(NC4CC4)nc3)n2)s1. The predicted octanol–water partition coefficient (Wildman–Crippen LogP) is 2.83. The minimum Gasteiger partial charge on any atom is -0.367 e. The van der Waals surface area contributed by atoms with Gasteiger partial charge in [0, 0.05) is 18.4 Å². The fourth-order valence-corrected chi connectivity index (χ4v) is 2.35. The van der Waals surface area contributed by atoms with Crippen LogP contribution in [0.3, 0.4) is 0 Å². The number of hydrogen-bond donors (Lipinski definition) is 1. The molecular weight excluding hydrogens is 274 g/mol. The highest BCUT2D eigenvalue weighted by atomic mass is 32.1. The van der Waals surface area contributed by atoms with E-state index in [1.54, 1.807) is 17.9 Å². The van der Waals surface area contributed by atoms with E-state index in [0.29, 0.717) is 17.8 Å². The van der Waals surface area contributed by atoms with Crippen LogP contribution < -0.4 is 5.32 Å². The van der Waals surface area contributed by atoms with Crippen LogP contribution in [-0.4, -0.2) is 26.2 Å². The molecule has 0 radical (unpaired) electrons. The first-order valence-corrected chi connectivity index (χ1v) is 7.22. The molecule has 100 valence electrons. The van der Waals surface area contributed by atoms with Gasteiger partial charge in [-0.05, 0) is 25.0 Å². The molecule has 0 aromatic carbocycles. The van der Waals surface area contributed by atoms with E-state index in [1.807, 2.05) is 12.1 Å². The minimum atomic E-state index is 0.471. The molecule has 0 bridgehead atoms. The molecular formula is C13H11N5OS. The Morgan fingerprint density at radius 2 is 2.20 bits per heavy atom. The second-order valence-electron chi connectivity index (χ2n) is 4.64. The lowest BCUT2D eigenvalue weighted by Crippen LogP contribution is -2.02. The number of nitrogens with one attached hydrogen (secondary N) is 1. The lowest BCUT2D eigenvalue weighted by Gasteiger charge is -2.02. The van der Waals surface area contributed by atoms with Crippen molar-refractivity contribution in [3.8, 4) is 22.2 Å². The predicted molar refractivity (Wildman–Crippen MR) is 75.3 cm³/mol. The lowest BCUT2D eigenvalue weighted by molar-refractivity contribution is 0.432. The molecule has 0 saturated heterocycles. The quantitative estimate of drug-likeness (QED) is 0.794. The van der Waals surface area contributed by atoms with Crippen molar-refractivity contribution in [1.29, 1.82) is 0 Å². The van der Waals surface area contributed by atoms with Crippen molar-refractivity contribution in [2.24, 2.45) is 0 Å². The van der Waals surface area contributed by atoms with Crippen molar-refractivity contribution >= 4 is 17.2 Å². The molecule has 1 fully saturated rings. The molecule has 3 aromatic heterocycles. The van der Waals surface area contributed by atoms with Gasteiger partial charge in [0.05, 0.1) is 16.0 Å². The average molecular weight is 285 g/mol. The van der Waals surface area contributed by atoms with Gasteiger partial charge in [-0.3, -0.25) is 4.98 Å². The van der Waals surface area contributed by atoms with Gasteiger partial charge in [-0.1, -0.05) is 5.16 Å². The van der Waals surface area contributed by atoms with Gasteiger partial charge in [-0.25, -0.2) is 4.98 Å². The zero-order valence-electron chi connectivity index (χ0n) is 10.5. The third kappa shape index (κ3) is 2.27. The van der Waals surface area contributed by atoms with Gasteiger partial charge in [-0.15, -0.1) is 11.3 Å². The summed E-state index contributed by atoms with van der Waals surface area (Å²) in [6.45, 7) is 0. The summed E-state index contributed by atoms with van der Waals surface area (Å²) in [7, 11) is 0. The van der Waals surface area contributed by atoms with Gasteiger partial charge in [-0.2, -0.15) is 4.98 Å². The van der Waals surface area contributed by atoms with E-state index in [9.17, 15) is 0 Å². The number of anilines is 1. The maximum absolute atomic E-state index is 5.27. The molecule has 6 nitrogen and oxygen atoms in total. The summed E-state index contributed by atoms with van der Waals surface area (Å²) in [6.07, 6.45) is 5.92. The molecule has 0 amide bonds. The molecule has 1 saturated carbocycles. The number of aromatic nitrogens is 4. The van der Waals surface area contributed by atoms with E-state index in [0.717, 1.165) is 16.3 Å². The Morgan fingerprint density at radius 1 is 1.25 bits per heavy atom. The molecule has 0 unspecified atom stereocenters. The summed E-state index contributed by atoms with van der Waals surface area (Å²) in [6, 6.07) is 4.46. The van der Waals surface area contributed by atoms with Crippen LogP contribution in [0.25, 0.3) is 22.2 Å². The Kier molecular flexibility index (Phi) is 2.70. The van der Waals surface area contributed by atoms with Crippen LogP contribution in [0.1, 0.15) is 12.8 Å². The van der Waals surface area contributed by atoms with E-state index in [4.69, 9.17) is 4.52 Å². The van der Waals surface area contributed by atoms with E-state index in [2.05, 4.69) is 25.4 Å². The Bertz CT molecular complexity index is 703. The van der Waals surface area contributed by atoms with Gasteiger partial charge in [0.2, 0.25) is 5.82 Å². The molecule has 7 heteroatoms. The van der Waals surface area contributed by atoms with Gasteiger partial charge in [0.25, 0.3) is 5.89 Å². The summed E-state index contributed by atoms with van der Waals surface area (Å²) in [4.78, 5) is 13.6. The van der Waals surface area contributed by atoms with Crippen LogP contribution in [0.15, 0.2) is 34.6 Å². The van der Waals surface area contributed by atoms with Crippen LogP contribution >= 0.6 is 11.3 Å². The van der Waals surface area contributed by atoms with Crippen molar-refractivity contribution in [3.05, 3.63) is 30.0 Å². The minimum absolute atomic E-state index is 0.471. The number of pyridine rings is 1. The molecule has 1 aliphatic carbocycles. The summed E-state index contributed by atoms with van der Waals surface area (Å²) in [5.74, 6) is 1.92. The van der Waals surface area contributed by atoms with E-state index >= 15 is 0 Å². The molecule has 0 spiro atoms. The standard InChI is InChI=1S/C13H11N5OS/c1-4-11(16-9-2-3-9)15-5-8(1)13-17-12(18-19-13)10-6-14-7-20-10/h1,4-7,9H,2-3H2,(H,15,16). The summed E-state index contributed by atoms with van der Waals surface area (Å²) in [5, 5.41) is 7.29. The average Bonchev–Trinajstić information content (AvgIpc) is 2.98. The maximum atomic E-state index is 5.27. The second-order valence-corrected chi connectivity index (χ2v) is 5.53. The topological polar surface area (TPSA) is 76.7 Å². The van der Waals surface area contributed by atoms with Crippen LogP contribution in [0.2, 0.25) is 0 Å². The highest BCUT2D eigenvalue weighted by Gasteiger charge is 2.21. The van der Waals surface area contributed by atoms with Gasteiger partial charge < -0.3 is 9.84 Å². The molecule has 1 N–H and O–H groups in total. The van der Waals surface area contributed by atoms with Crippen LogP contribution in [0.4, 0.5) is 5.82 Å². The first-order chi connectivity index (χ1) is 9.88. The monoisotopic (exact) mass is 285 g/mol. The Hall–Kier alpha value is -2.28. The second kappa shape index (κ2) is 4.68. The fourth-order valence-electron chi connectivity index (χ4n) is 1.81. The van der Waals surface area contributed by atoms with Crippen LogP contribution in [0, 0.1) is 0 Å². The summed E-state index contributed by atoms with van der Waals surface area (Å²) in [5.41, 5.74) is 2.56. The van der Waals surface area contributed by atoms with Gasteiger partial charge in [0.15, 0.2) is 0 Å². The van der Waals surface area contributed by atoms with Crippen LogP contribution in [-0.2, 0) is 0 Å². The first-order valence-electron chi connectivity index (χ1n) is 6.34. The fraction of sp³-hybridized carbons (Fsp3) is 0.231. The molecule has 3 aromatic rings. The smallest absolute Gasteiger partial charge is 0.259 e. The summed E-state index contributed by atoms with van der Waals surface area (Å²) < 4.78 is 5.27. The lowest BCUT2D eigenvalue weighted by atomic mass is 10.3. The first kappa shape index (κ1) is 11.5. The molecule has 3 heterocycles. The van der Waals surface area contributed by atoms with E-state index < -0.39 is 0 Å². The molecule has 1 aliphatic rings. The number of hydrogen-bond acceptors (Lipinski definition) is 7. The number of rotatable bonds is 4. The van der Waals surface area contributed by atoms with Crippen LogP contribution in [0.5, 0.6) is 0 Å². The van der Waals surface area contributed by atoms with Crippen molar-refractivity contribution < 1.29 is 4.52 Å². The molecule has 0 atom stereocenters. The molecule has 20 heavy (non-hydrogen) atoms. The number of thiazole rings is 1. The highest BCUT2D eigenvalue weighted by Crippen LogP contribution is 2.26. The van der Waals surface area contributed by atoms with E-state index in [1.165, 1.54) is 24.2 Å². The third-order valence-corrected chi connectivity index (χ3v) is 3.79. The van der Waals surface area contributed by atoms with Crippen molar-refractivity contribution in [2.45, 2.75) is 18.9 Å². The summed E-state index contributed by atoms with van der Waals surface area (Å²) >= 11 is 1.48. The zero-order valence-corrected chi connectivity index (χ0v) is 11.3. The molecule has 4 rings (SSSR count). The maximum Gasteiger partial charge on any atom is 0.259 e. The van der Waals surface area contributed by atoms with E-state index in [-0.39, 0.29) is 0 Å². The third-order valence-electron chi connectivity index (χ3n) is 3.02. The highest BCUT2D eigenvalue weighted by molar-refractivity contribution is 7.13. The number of nitrogens with zero attached hydrogens (tertiary/aromatic N) is 4. The van der Waals surface area contributed by atoms with Crippen molar-refractivity contribution in [3.63, 3.8) is 0 Å². The Balaban J connectivity index is 1.57. The van der Waals surface area contributed by atoms with Crippen molar-refractivity contribution in [2.75, 3.05) is 5.32 Å². The largest absolute Gasteiger partial charge is 0.367 e. The Morgan fingerprint density at radius 3 is 2.90 bits per heavy atom. The van der Waals surface area contributed by atoms with Gasteiger partial charge in [0.1, 0.15) is 5.82 Å². The normalized spacial score (nSPS) is 14.4. The Labute approximate surface area is 118 Å². The van der Waals surface area contributed by atoms with Crippen molar-refractivity contribution in [1.82, 2.24) is 20.1 Å². The zero-order chi connectivity index (χ0) is 13.4.